The lowest BCUT2D eigenvalue weighted by Crippen LogP contribution is -2.01. The third kappa shape index (κ3) is 2.23. The summed E-state index contributed by atoms with van der Waals surface area (Å²) >= 11 is 0. The van der Waals surface area contributed by atoms with E-state index in [1.165, 1.54) is 0 Å². The van der Waals surface area contributed by atoms with E-state index >= 15 is 0 Å². The number of nitrogens with zero attached hydrogens (tertiary/aromatic N) is 1. The van der Waals surface area contributed by atoms with Crippen LogP contribution in [0.5, 0.6) is 5.75 Å². The molecule has 2 aromatic rings. The summed E-state index contributed by atoms with van der Waals surface area (Å²) < 4.78 is 5.01. The molecular formula is C12H11BNO2. The van der Waals surface area contributed by atoms with Gasteiger partial charge in [0.25, 0.3) is 0 Å². The average Bonchev–Trinajstić information content (AvgIpc) is 2.33. The van der Waals surface area contributed by atoms with Crippen LogP contribution < -0.4 is 4.65 Å². The number of rotatable bonds is 3. The Hall–Kier alpha value is -1.81. The van der Waals surface area contributed by atoms with Crippen molar-refractivity contribution < 1.29 is 9.68 Å². The molecule has 1 aromatic heterocycles. The van der Waals surface area contributed by atoms with Crippen molar-refractivity contribution in [3.8, 4) is 16.9 Å². The molecule has 0 spiro atoms. The second kappa shape index (κ2) is 4.81. The van der Waals surface area contributed by atoms with Gasteiger partial charge in [-0.05, 0) is 30.2 Å². The Morgan fingerprint density at radius 1 is 1.25 bits per heavy atom. The van der Waals surface area contributed by atoms with E-state index in [0.717, 1.165) is 16.7 Å². The van der Waals surface area contributed by atoms with Crippen LogP contribution in [-0.2, 0) is 0 Å². The third-order valence-electron chi connectivity index (χ3n) is 2.36. The van der Waals surface area contributed by atoms with Crippen LogP contribution in [0.25, 0.3) is 11.1 Å². The first-order valence-corrected chi connectivity index (χ1v) is 4.95. The second-order valence-corrected chi connectivity index (χ2v) is 3.45. The van der Waals surface area contributed by atoms with Gasteiger partial charge in [-0.25, -0.2) is 0 Å². The molecule has 2 rings (SSSR count). The smallest absolute Gasteiger partial charge is 0.537 e. The van der Waals surface area contributed by atoms with E-state index in [-0.39, 0.29) is 0 Å². The second-order valence-electron chi connectivity index (χ2n) is 3.45. The minimum absolute atomic E-state index is 0.642. The molecule has 3 nitrogen and oxygen atoms in total. The molecule has 16 heavy (non-hydrogen) atoms. The lowest BCUT2D eigenvalue weighted by molar-refractivity contribution is 0.452. The molecule has 0 aliphatic rings. The molecule has 0 saturated carbocycles. The van der Waals surface area contributed by atoms with Crippen LogP contribution in [0.2, 0.25) is 0 Å². The minimum Gasteiger partial charge on any atom is -0.537 e. The van der Waals surface area contributed by atoms with Crippen molar-refractivity contribution in [1.29, 1.82) is 0 Å². The van der Waals surface area contributed by atoms with Crippen molar-refractivity contribution in [1.82, 2.24) is 4.98 Å². The molecule has 0 atom stereocenters. The number of aromatic nitrogens is 1. The summed E-state index contributed by atoms with van der Waals surface area (Å²) in [6.07, 6.45) is 3.52. The largest absolute Gasteiger partial charge is 0.569 e. The standard InChI is InChI=1S/C12H11BNO2/c1-9-4-5-10(7-12(9)16-13-15)11-3-2-6-14-8-11/h2-8,15H,1H3. The summed E-state index contributed by atoms with van der Waals surface area (Å²) in [5.74, 6) is 0.642. The number of aryl methyl sites for hydroxylation is 1. The maximum Gasteiger partial charge on any atom is 0.569 e. The fourth-order valence-electron chi connectivity index (χ4n) is 1.50. The highest BCUT2D eigenvalue weighted by atomic mass is 16.5. The summed E-state index contributed by atoms with van der Waals surface area (Å²) in [6.45, 7) is 1.92. The maximum atomic E-state index is 8.65. The molecule has 1 aromatic carbocycles. The highest BCUT2D eigenvalue weighted by Gasteiger charge is 2.03. The van der Waals surface area contributed by atoms with Gasteiger partial charge < -0.3 is 9.68 Å². The van der Waals surface area contributed by atoms with Crippen molar-refractivity contribution in [2.45, 2.75) is 6.92 Å². The van der Waals surface area contributed by atoms with Gasteiger partial charge in [0.2, 0.25) is 0 Å². The molecule has 1 radical (unpaired) electrons. The predicted octanol–water partition coefficient (Wildman–Crippen LogP) is 1.96. The van der Waals surface area contributed by atoms with Crippen LogP contribution in [-0.4, -0.2) is 17.7 Å². The quantitative estimate of drug-likeness (QED) is 0.790. The zero-order chi connectivity index (χ0) is 11.4. The van der Waals surface area contributed by atoms with Gasteiger partial charge in [-0.2, -0.15) is 0 Å². The minimum atomic E-state index is 0.642. The van der Waals surface area contributed by atoms with Gasteiger partial charge in [-0.15, -0.1) is 0 Å². The lowest BCUT2D eigenvalue weighted by Gasteiger charge is -2.08. The predicted molar refractivity (Wildman–Crippen MR) is 63.0 cm³/mol. The Kier molecular flexibility index (Phi) is 3.22. The first-order chi connectivity index (χ1) is 7.81. The van der Waals surface area contributed by atoms with E-state index in [0.29, 0.717) is 13.4 Å². The summed E-state index contributed by atoms with van der Waals surface area (Å²) in [7, 11) is 0.690. The number of hydrogen-bond acceptors (Lipinski definition) is 3. The summed E-state index contributed by atoms with van der Waals surface area (Å²) in [6, 6.07) is 9.68. The van der Waals surface area contributed by atoms with Crippen LogP contribution in [0, 0.1) is 6.92 Å². The molecular weight excluding hydrogens is 201 g/mol. The van der Waals surface area contributed by atoms with Gasteiger partial charge in [0.15, 0.2) is 0 Å². The molecule has 0 aliphatic heterocycles. The Bertz CT molecular complexity index is 474. The Labute approximate surface area is 95.0 Å². The SMILES string of the molecule is Cc1ccc(-c2cccnc2)cc1O[B]O. The first kappa shape index (κ1) is 10.7. The van der Waals surface area contributed by atoms with Gasteiger partial charge in [-0.3, -0.25) is 4.98 Å². The number of benzene rings is 1. The normalized spacial score (nSPS) is 9.88. The lowest BCUT2D eigenvalue weighted by atomic mass is 10.1. The highest BCUT2D eigenvalue weighted by molar-refractivity contribution is 6.17. The summed E-state index contributed by atoms with van der Waals surface area (Å²) in [4.78, 5) is 4.06. The van der Waals surface area contributed by atoms with Crippen molar-refractivity contribution >= 4 is 7.69 Å². The highest BCUT2D eigenvalue weighted by Crippen LogP contribution is 2.26. The van der Waals surface area contributed by atoms with Crippen LogP contribution in [0.15, 0.2) is 42.7 Å². The van der Waals surface area contributed by atoms with Gasteiger partial charge in [0, 0.05) is 18.0 Å². The molecule has 1 heterocycles. The zero-order valence-electron chi connectivity index (χ0n) is 8.92. The molecule has 1 N–H and O–H groups in total. The van der Waals surface area contributed by atoms with Gasteiger partial charge in [0.1, 0.15) is 5.75 Å². The molecule has 79 valence electrons. The summed E-state index contributed by atoms with van der Waals surface area (Å²) in [5.41, 5.74) is 3.00. The third-order valence-corrected chi connectivity index (χ3v) is 2.36. The van der Waals surface area contributed by atoms with Crippen molar-refractivity contribution in [2.75, 3.05) is 0 Å². The molecule has 0 unspecified atom stereocenters. The Morgan fingerprint density at radius 2 is 2.12 bits per heavy atom. The van der Waals surface area contributed by atoms with Crippen molar-refractivity contribution in [3.05, 3.63) is 48.3 Å². The topological polar surface area (TPSA) is 42.4 Å². The monoisotopic (exact) mass is 212 g/mol. The van der Waals surface area contributed by atoms with Crippen LogP contribution >= 0.6 is 0 Å². The van der Waals surface area contributed by atoms with Gasteiger partial charge in [0.05, 0.1) is 0 Å². The molecule has 4 heteroatoms. The fourth-order valence-corrected chi connectivity index (χ4v) is 1.50. The number of pyridine rings is 1. The van der Waals surface area contributed by atoms with E-state index in [1.54, 1.807) is 12.4 Å². The van der Waals surface area contributed by atoms with E-state index in [1.807, 2.05) is 37.3 Å². The molecule has 0 amide bonds. The van der Waals surface area contributed by atoms with Gasteiger partial charge >= 0.3 is 7.69 Å². The van der Waals surface area contributed by atoms with E-state index < -0.39 is 0 Å². The van der Waals surface area contributed by atoms with Crippen LogP contribution in [0.3, 0.4) is 0 Å². The maximum absolute atomic E-state index is 8.65. The van der Waals surface area contributed by atoms with E-state index in [2.05, 4.69) is 4.98 Å². The fraction of sp³-hybridized carbons (Fsp3) is 0.0833. The van der Waals surface area contributed by atoms with Crippen molar-refractivity contribution in [2.24, 2.45) is 0 Å². The first-order valence-electron chi connectivity index (χ1n) is 4.95. The average molecular weight is 212 g/mol. The zero-order valence-corrected chi connectivity index (χ0v) is 8.92. The van der Waals surface area contributed by atoms with E-state index in [9.17, 15) is 0 Å². The molecule has 0 fully saturated rings. The summed E-state index contributed by atoms with van der Waals surface area (Å²) in [5, 5.41) is 8.65. The van der Waals surface area contributed by atoms with Crippen LogP contribution in [0.1, 0.15) is 5.56 Å². The molecule has 0 aliphatic carbocycles. The van der Waals surface area contributed by atoms with Crippen molar-refractivity contribution in [3.63, 3.8) is 0 Å². The number of hydrogen-bond donors (Lipinski definition) is 1. The van der Waals surface area contributed by atoms with E-state index in [4.69, 9.17) is 9.68 Å². The Balaban J connectivity index is 2.40. The molecule has 0 saturated heterocycles. The van der Waals surface area contributed by atoms with Crippen LogP contribution in [0.4, 0.5) is 0 Å². The van der Waals surface area contributed by atoms with Gasteiger partial charge in [-0.1, -0.05) is 18.2 Å². The Morgan fingerprint density at radius 3 is 2.81 bits per heavy atom. The molecule has 0 bridgehead atoms.